The van der Waals surface area contributed by atoms with Gasteiger partial charge in [-0.25, -0.2) is 0 Å². The Labute approximate surface area is 109 Å². The van der Waals surface area contributed by atoms with Crippen molar-refractivity contribution >= 4 is 0 Å². The van der Waals surface area contributed by atoms with Crippen LogP contribution >= 0.6 is 0 Å². The number of benzene rings is 1. The number of hydrogen-bond donors (Lipinski definition) is 1. The zero-order valence-corrected chi connectivity index (χ0v) is 10.7. The Morgan fingerprint density at radius 2 is 2.06 bits per heavy atom. The van der Waals surface area contributed by atoms with E-state index < -0.39 is 6.10 Å². The van der Waals surface area contributed by atoms with Crippen molar-refractivity contribution in [3.05, 3.63) is 53.8 Å². The second-order valence-electron chi connectivity index (χ2n) is 5.19. The highest BCUT2D eigenvalue weighted by atomic mass is 16.6. The van der Waals surface area contributed by atoms with Gasteiger partial charge in [0.2, 0.25) is 0 Å². The van der Waals surface area contributed by atoms with Crippen LogP contribution in [0.2, 0.25) is 0 Å². The Morgan fingerprint density at radius 1 is 1.33 bits per heavy atom. The maximum atomic E-state index is 13.0. The number of hydroxylamine groups is 3. The minimum Gasteiger partial charge on any atom is -0.632 e. The standard InChI is InChI=1S/C15H21NO2/c1-2-6-14-9-10-15(17)12-16(14,18)11-13-7-4-3-5-8-13/h2-5,7-8,14-15,17H,1,6,9-12H2. The third-order valence-electron chi connectivity index (χ3n) is 3.75. The van der Waals surface area contributed by atoms with Crippen molar-refractivity contribution in [1.29, 1.82) is 0 Å². The van der Waals surface area contributed by atoms with Crippen molar-refractivity contribution in [3.63, 3.8) is 0 Å². The molecule has 0 radical (unpaired) electrons. The second-order valence-corrected chi connectivity index (χ2v) is 5.19. The predicted octanol–water partition coefficient (Wildman–Crippen LogP) is 2.60. The molecule has 3 nitrogen and oxygen atoms in total. The summed E-state index contributed by atoms with van der Waals surface area (Å²) in [5.41, 5.74) is 1.04. The van der Waals surface area contributed by atoms with Crippen molar-refractivity contribution < 1.29 is 9.75 Å². The van der Waals surface area contributed by atoms with Gasteiger partial charge >= 0.3 is 0 Å². The summed E-state index contributed by atoms with van der Waals surface area (Å²) < 4.78 is -0.322. The third-order valence-corrected chi connectivity index (χ3v) is 3.75. The Bertz CT molecular complexity index is 393. The highest BCUT2D eigenvalue weighted by Crippen LogP contribution is 2.30. The normalized spacial score (nSPS) is 32.1. The van der Waals surface area contributed by atoms with Crippen LogP contribution in [0, 0.1) is 5.21 Å². The van der Waals surface area contributed by atoms with Gasteiger partial charge in [-0.15, -0.1) is 6.58 Å². The Balaban J connectivity index is 2.15. The van der Waals surface area contributed by atoms with Gasteiger partial charge in [0.05, 0.1) is 6.04 Å². The largest absolute Gasteiger partial charge is 0.632 e. The zero-order chi connectivity index (χ0) is 13.0. The molecule has 3 atom stereocenters. The minimum absolute atomic E-state index is 0.0334. The fourth-order valence-electron chi connectivity index (χ4n) is 2.81. The fourth-order valence-corrected chi connectivity index (χ4v) is 2.81. The number of likely N-dealkylation sites (tertiary alicyclic amines) is 1. The molecular formula is C15H21NO2. The monoisotopic (exact) mass is 247 g/mol. The van der Waals surface area contributed by atoms with Gasteiger partial charge < -0.3 is 15.0 Å². The third kappa shape index (κ3) is 2.99. The SMILES string of the molecule is C=CCC1CCC(O)C[N+]1([O-])Cc1ccccc1. The van der Waals surface area contributed by atoms with Gasteiger partial charge in [0.25, 0.3) is 0 Å². The van der Waals surface area contributed by atoms with Crippen molar-refractivity contribution in [2.75, 3.05) is 6.54 Å². The molecule has 2 rings (SSSR count). The predicted molar refractivity (Wildman–Crippen MR) is 72.5 cm³/mol. The molecule has 3 heteroatoms. The van der Waals surface area contributed by atoms with Crippen LogP contribution in [0.1, 0.15) is 24.8 Å². The van der Waals surface area contributed by atoms with Crippen LogP contribution in [0.25, 0.3) is 0 Å². The molecule has 0 spiro atoms. The highest BCUT2D eigenvalue weighted by Gasteiger charge is 2.35. The lowest BCUT2D eigenvalue weighted by Gasteiger charge is -2.52. The highest BCUT2D eigenvalue weighted by molar-refractivity contribution is 5.13. The number of quaternary nitrogens is 1. The molecule has 1 aromatic rings. The maximum Gasteiger partial charge on any atom is 0.105 e. The summed E-state index contributed by atoms with van der Waals surface area (Å²) in [5.74, 6) is 0. The average molecular weight is 247 g/mol. The molecule has 1 heterocycles. The lowest BCUT2D eigenvalue weighted by Crippen LogP contribution is -2.56. The minimum atomic E-state index is -0.465. The van der Waals surface area contributed by atoms with E-state index in [-0.39, 0.29) is 10.7 Å². The summed E-state index contributed by atoms with van der Waals surface area (Å²) in [6.45, 7) is 4.47. The summed E-state index contributed by atoms with van der Waals surface area (Å²) in [6.07, 6.45) is 3.59. The summed E-state index contributed by atoms with van der Waals surface area (Å²) in [4.78, 5) is 0. The van der Waals surface area contributed by atoms with Crippen LogP contribution in [0.5, 0.6) is 0 Å². The number of aliphatic hydroxyl groups excluding tert-OH is 1. The molecule has 0 aliphatic carbocycles. The summed E-state index contributed by atoms with van der Waals surface area (Å²) >= 11 is 0. The van der Waals surface area contributed by atoms with Crippen molar-refractivity contribution in [3.8, 4) is 0 Å². The number of piperidine rings is 1. The van der Waals surface area contributed by atoms with Gasteiger partial charge in [-0.1, -0.05) is 36.4 Å². The van der Waals surface area contributed by atoms with E-state index in [9.17, 15) is 10.3 Å². The first kappa shape index (κ1) is 13.3. The fraction of sp³-hybridized carbons (Fsp3) is 0.467. The average Bonchev–Trinajstić information content (AvgIpc) is 2.34. The number of nitrogens with zero attached hydrogens (tertiary/aromatic N) is 1. The Kier molecular flexibility index (Phi) is 4.17. The molecule has 3 unspecified atom stereocenters. The van der Waals surface area contributed by atoms with Gasteiger partial charge in [0.15, 0.2) is 0 Å². The van der Waals surface area contributed by atoms with Gasteiger partial charge in [-0.3, -0.25) is 0 Å². The van der Waals surface area contributed by atoms with E-state index in [4.69, 9.17) is 0 Å². The maximum absolute atomic E-state index is 13.0. The molecular weight excluding hydrogens is 226 g/mol. The smallest absolute Gasteiger partial charge is 0.105 e. The first-order chi connectivity index (χ1) is 8.64. The number of aliphatic hydroxyl groups is 1. The van der Waals surface area contributed by atoms with E-state index in [1.54, 1.807) is 0 Å². The van der Waals surface area contributed by atoms with Crippen LogP contribution in [0.15, 0.2) is 43.0 Å². The van der Waals surface area contributed by atoms with Crippen LogP contribution in [-0.2, 0) is 6.54 Å². The van der Waals surface area contributed by atoms with Crippen molar-refractivity contribution in [2.24, 2.45) is 0 Å². The summed E-state index contributed by atoms with van der Waals surface area (Å²) in [5, 5.41) is 22.7. The molecule has 0 bridgehead atoms. The molecule has 1 saturated heterocycles. The lowest BCUT2D eigenvalue weighted by atomic mass is 9.96. The lowest BCUT2D eigenvalue weighted by molar-refractivity contribution is -0.926. The topological polar surface area (TPSA) is 43.3 Å². The van der Waals surface area contributed by atoms with Gasteiger partial charge in [-0.2, -0.15) is 0 Å². The first-order valence-electron chi connectivity index (χ1n) is 6.55. The van der Waals surface area contributed by atoms with Gasteiger partial charge in [-0.05, 0) is 6.42 Å². The quantitative estimate of drug-likeness (QED) is 0.505. The Morgan fingerprint density at radius 3 is 2.72 bits per heavy atom. The Hall–Kier alpha value is -1.16. The van der Waals surface area contributed by atoms with Crippen LogP contribution in [0.4, 0.5) is 0 Å². The van der Waals surface area contributed by atoms with Gasteiger partial charge in [0, 0.05) is 18.4 Å². The van der Waals surface area contributed by atoms with E-state index in [1.165, 1.54) is 0 Å². The van der Waals surface area contributed by atoms with E-state index in [1.807, 2.05) is 36.4 Å². The number of rotatable bonds is 4. The molecule has 18 heavy (non-hydrogen) atoms. The van der Waals surface area contributed by atoms with E-state index >= 15 is 0 Å². The first-order valence-corrected chi connectivity index (χ1v) is 6.55. The summed E-state index contributed by atoms with van der Waals surface area (Å²) in [7, 11) is 0. The van der Waals surface area contributed by atoms with Gasteiger partial charge in [0.1, 0.15) is 19.2 Å². The molecule has 0 amide bonds. The number of hydrogen-bond acceptors (Lipinski definition) is 2. The molecule has 1 aromatic carbocycles. The molecule has 1 aliphatic heterocycles. The van der Waals surface area contributed by atoms with E-state index in [2.05, 4.69) is 6.58 Å². The van der Waals surface area contributed by atoms with Crippen LogP contribution in [-0.4, -0.2) is 28.4 Å². The second kappa shape index (κ2) is 5.65. The molecule has 0 saturated carbocycles. The molecule has 1 fully saturated rings. The molecule has 1 aliphatic rings. The molecule has 98 valence electrons. The van der Waals surface area contributed by atoms with Crippen molar-refractivity contribution in [2.45, 2.75) is 38.0 Å². The summed E-state index contributed by atoms with van der Waals surface area (Å²) in [6, 6.07) is 9.83. The van der Waals surface area contributed by atoms with Crippen LogP contribution < -0.4 is 0 Å². The van der Waals surface area contributed by atoms with Crippen molar-refractivity contribution in [1.82, 2.24) is 0 Å². The molecule has 1 N–H and O–H groups in total. The zero-order valence-electron chi connectivity index (χ0n) is 10.7. The molecule has 0 aromatic heterocycles. The van der Waals surface area contributed by atoms with E-state index in [0.29, 0.717) is 13.1 Å². The van der Waals surface area contributed by atoms with Crippen LogP contribution in [0.3, 0.4) is 0 Å². The van der Waals surface area contributed by atoms with E-state index in [0.717, 1.165) is 24.8 Å².